The van der Waals surface area contributed by atoms with E-state index in [9.17, 15) is 0 Å². The van der Waals surface area contributed by atoms with Gasteiger partial charge in [0.2, 0.25) is 0 Å². The van der Waals surface area contributed by atoms with Crippen LogP contribution < -0.4 is 0 Å². The van der Waals surface area contributed by atoms with E-state index in [1.54, 1.807) is 0 Å². The van der Waals surface area contributed by atoms with Crippen molar-refractivity contribution in [2.75, 3.05) is 0 Å². The van der Waals surface area contributed by atoms with E-state index in [2.05, 4.69) is 16.9 Å². The first-order chi connectivity index (χ1) is 8.29. The van der Waals surface area contributed by atoms with E-state index in [0.717, 1.165) is 46.4 Å². The molecule has 0 unspecified atom stereocenters. The van der Waals surface area contributed by atoms with Gasteiger partial charge in [-0.25, -0.2) is 4.98 Å². The molecule has 0 aliphatic heterocycles. The van der Waals surface area contributed by atoms with Crippen molar-refractivity contribution in [3.8, 4) is 0 Å². The van der Waals surface area contributed by atoms with Gasteiger partial charge in [-0.1, -0.05) is 19.1 Å². The Morgan fingerprint density at radius 2 is 2.00 bits per heavy atom. The maximum atomic E-state index is 5.85. The molecule has 3 nitrogen and oxygen atoms in total. The van der Waals surface area contributed by atoms with Crippen molar-refractivity contribution in [2.45, 2.75) is 26.7 Å². The number of aryl methyl sites for hydroxylation is 2. The van der Waals surface area contributed by atoms with Gasteiger partial charge >= 0.3 is 0 Å². The molecular weight excluding hydrogens is 212 g/mol. The van der Waals surface area contributed by atoms with Crippen molar-refractivity contribution in [3.63, 3.8) is 0 Å². The van der Waals surface area contributed by atoms with E-state index < -0.39 is 0 Å². The molecule has 0 atom stereocenters. The third-order valence-corrected chi connectivity index (χ3v) is 2.91. The summed E-state index contributed by atoms with van der Waals surface area (Å²) in [6, 6.07) is 8.03. The van der Waals surface area contributed by atoms with E-state index in [-0.39, 0.29) is 0 Å². The fourth-order valence-corrected chi connectivity index (χ4v) is 2.11. The second kappa shape index (κ2) is 3.84. The van der Waals surface area contributed by atoms with Crippen LogP contribution >= 0.6 is 0 Å². The average molecular weight is 226 g/mol. The number of hydrogen-bond acceptors (Lipinski definition) is 3. The van der Waals surface area contributed by atoms with Crippen molar-refractivity contribution in [3.05, 3.63) is 35.9 Å². The highest BCUT2D eigenvalue weighted by molar-refractivity contribution is 6.01. The molecule has 17 heavy (non-hydrogen) atoms. The molecule has 0 radical (unpaired) electrons. The maximum Gasteiger partial charge on any atom is 0.195 e. The molecule has 0 saturated carbocycles. The number of hydrogen-bond donors (Lipinski definition) is 0. The number of oxazole rings is 1. The molecule has 0 aliphatic rings. The summed E-state index contributed by atoms with van der Waals surface area (Å²) in [7, 11) is 0. The highest BCUT2D eigenvalue weighted by atomic mass is 16.3. The van der Waals surface area contributed by atoms with E-state index >= 15 is 0 Å². The quantitative estimate of drug-likeness (QED) is 0.669. The van der Waals surface area contributed by atoms with Crippen LogP contribution in [0.2, 0.25) is 0 Å². The van der Waals surface area contributed by atoms with Gasteiger partial charge in [-0.05, 0) is 25.5 Å². The van der Waals surface area contributed by atoms with Crippen molar-refractivity contribution >= 4 is 22.0 Å². The summed E-state index contributed by atoms with van der Waals surface area (Å²) >= 11 is 0. The SMILES string of the molecule is CCCc1nc2c(C)nc3ccccc3c2o1. The van der Waals surface area contributed by atoms with Crippen LogP contribution in [0.3, 0.4) is 0 Å². The van der Waals surface area contributed by atoms with Crippen molar-refractivity contribution in [1.82, 2.24) is 9.97 Å². The van der Waals surface area contributed by atoms with Gasteiger partial charge in [-0.15, -0.1) is 0 Å². The Morgan fingerprint density at radius 3 is 2.82 bits per heavy atom. The lowest BCUT2D eigenvalue weighted by atomic mass is 10.2. The van der Waals surface area contributed by atoms with E-state index in [4.69, 9.17) is 4.42 Å². The number of aromatic nitrogens is 2. The molecule has 3 rings (SSSR count). The predicted molar refractivity (Wildman–Crippen MR) is 68.0 cm³/mol. The molecule has 0 amide bonds. The number of nitrogens with zero attached hydrogens (tertiary/aromatic N) is 2. The number of para-hydroxylation sites is 1. The smallest absolute Gasteiger partial charge is 0.195 e. The van der Waals surface area contributed by atoms with Gasteiger partial charge in [0.15, 0.2) is 11.5 Å². The normalized spacial score (nSPS) is 11.4. The second-order valence-corrected chi connectivity index (χ2v) is 4.25. The Labute approximate surface area is 99.5 Å². The molecule has 0 saturated heterocycles. The van der Waals surface area contributed by atoms with Gasteiger partial charge in [0, 0.05) is 11.8 Å². The van der Waals surface area contributed by atoms with Crippen LogP contribution in [0, 0.1) is 6.92 Å². The summed E-state index contributed by atoms with van der Waals surface area (Å²) in [6.07, 6.45) is 1.92. The number of fused-ring (bicyclic) bond motifs is 3. The van der Waals surface area contributed by atoms with Crippen molar-refractivity contribution in [2.24, 2.45) is 0 Å². The molecule has 2 heterocycles. The number of rotatable bonds is 2. The third-order valence-electron chi connectivity index (χ3n) is 2.91. The van der Waals surface area contributed by atoms with Gasteiger partial charge < -0.3 is 4.42 Å². The topological polar surface area (TPSA) is 38.9 Å². The summed E-state index contributed by atoms with van der Waals surface area (Å²) in [6.45, 7) is 4.10. The van der Waals surface area contributed by atoms with Crippen LogP contribution in [0.1, 0.15) is 24.9 Å². The third kappa shape index (κ3) is 1.58. The van der Waals surface area contributed by atoms with Gasteiger partial charge in [0.25, 0.3) is 0 Å². The van der Waals surface area contributed by atoms with Gasteiger partial charge in [-0.2, -0.15) is 0 Å². The molecule has 0 spiro atoms. The highest BCUT2D eigenvalue weighted by Crippen LogP contribution is 2.26. The van der Waals surface area contributed by atoms with Crippen LogP contribution in [0.15, 0.2) is 28.7 Å². The summed E-state index contributed by atoms with van der Waals surface area (Å²) in [5.74, 6) is 0.809. The lowest BCUT2D eigenvalue weighted by molar-refractivity contribution is 0.527. The predicted octanol–water partition coefficient (Wildman–Crippen LogP) is 3.64. The van der Waals surface area contributed by atoms with Crippen molar-refractivity contribution in [1.29, 1.82) is 0 Å². The summed E-state index contributed by atoms with van der Waals surface area (Å²) < 4.78 is 5.85. The van der Waals surface area contributed by atoms with Crippen LogP contribution in [0.5, 0.6) is 0 Å². The van der Waals surface area contributed by atoms with E-state index in [1.165, 1.54) is 0 Å². The lowest BCUT2D eigenvalue weighted by Crippen LogP contribution is -1.86. The van der Waals surface area contributed by atoms with Crippen LogP contribution in [0.4, 0.5) is 0 Å². The zero-order valence-corrected chi connectivity index (χ0v) is 10.0. The molecule has 1 aromatic carbocycles. The summed E-state index contributed by atoms with van der Waals surface area (Å²) in [5, 5.41) is 1.04. The molecule has 3 heteroatoms. The largest absolute Gasteiger partial charge is 0.440 e. The molecule has 2 aromatic heterocycles. The van der Waals surface area contributed by atoms with Gasteiger partial charge in [0.05, 0.1) is 11.2 Å². The van der Waals surface area contributed by atoms with Crippen molar-refractivity contribution < 1.29 is 4.42 Å². The molecule has 3 aromatic rings. The van der Waals surface area contributed by atoms with E-state index in [1.807, 2.05) is 31.2 Å². The summed E-state index contributed by atoms with van der Waals surface area (Å²) in [5.41, 5.74) is 3.67. The number of benzene rings is 1. The molecule has 0 N–H and O–H groups in total. The fourth-order valence-electron chi connectivity index (χ4n) is 2.11. The molecule has 86 valence electrons. The Hall–Kier alpha value is -1.90. The highest BCUT2D eigenvalue weighted by Gasteiger charge is 2.12. The zero-order valence-electron chi connectivity index (χ0n) is 10.0. The zero-order chi connectivity index (χ0) is 11.8. The Kier molecular flexibility index (Phi) is 2.32. The first-order valence-electron chi connectivity index (χ1n) is 5.94. The second-order valence-electron chi connectivity index (χ2n) is 4.25. The minimum atomic E-state index is 0.809. The minimum absolute atomic E-state index is 0.809. The fraction of sp³-hybridized carbons (Fsp3) is 0.286. The first kappa shape index (κ1) is 10.3. The Morgan fingerprint density at radius 1 is 1.18 bits per heavy atom. The minimum Gasteiger partial charge on any atom is -0.440 e. The molecule has 0 fully saturated rings. The molecule has 0 bridgehead atoms. The van der Waals surface area contributed by atoms with Gasteiger partial charge in [0.1, 0.15) is 5.52 Å². The summed E-state index contributed by atoms with van der Waals surface area (Å²) in [4.78, 5) is 9.08. The first-order valence-corrected chi connectivity index (χ1v) is 5.94. The van der Waals surface area contributed by atoms with Gasteiger partial charge in [-0.3, -0.25) is 4.98 Å². The number of pyridine rings is 1. The molecule has 0 aliphatic carbocycles. The lowest BCUT2D eigenvalue weighted by Gasteiger charge is -1.98. The Bertz CT molecular complexity index is 685. The maximum absolute atomic E-state index is 5.85. The monoisotopic (exact) mass is 226 g/mol. The van der Waals surface area contributed by atoms with E-state index in [0.29, 0.717) is 0 Å². The van der Waals surface area contributed by atoms with Crippen LogP contribution in [-0.2, 0) is 6.42 Å². The standard InChI is InChI=1S/C14H14N2O/c1-3-6-12-16-13-9(2)15-11-8-5-4-7-10(11)14(13)17-12/h4-5,7-8H,3,6H2,1-2H3. The van der Waals surface area contributed by atoms with Crippen LogP contribution in [0.25, 0.3) is 22.0 Å². The molecular formula is C14H14N2O. The van der Waals surface area contributed by atoms with Crippen LogP contribution in [-0.4, -0.2) is 9.97 Å². The Balaban J connectivity index is 2.39. The average Bonchev–Trinajstić information content (AvgIpc) is 2.74.